The largest absolute Gasteiger partial charge is 0.487 e. The molecule has 148 valence electrons. The Balaban J connectivity index is 1.89. The van der Waals surface area contributed by atoms with Gasteiger partial charge in [-0.1, -0.05) is 48.4 Å². The highest BCUT2D eigenvalue weighted by atomic mass is 35.5. The van der Waals surface area contributed by atoms with Crippen LogP contribution in [0, 0.1) is 6.92 Å². The Morgan fingerprint density at radius 1 is 1.18 bits per heavy atom. The van der Waals surface area contributed by atoms with Gasteiger partial charge in [-0.3, -0.25) is 9.59 Å². The maximum Gasteiger partial charge on any atom is 0.329 e. The molecule has 0 aliphatic heterocycles. The standard InChI is InChI=1S/C21H24ClN3O3/c1-4-15(3)24-20(26)21(27)25-23-12-17-9-10-19(18(22)11-17)28-13-16-7-5-14(2)6-8-16/h5-12,15H,4,13H2,1-3H3,(H,24,26)(H,25,27)/b23-12-/t15-/m0/s1. The molecule has 0 aromatic heterocycles. The van der Waals surface area contributed by atoms with Gasteiger partial charge in [-0.2, -0.15) is 5.10 Å². The molecule has 2 rings (SSSR count). The number of benzene rings is 2. The zero-order valence-electron chi connectivity index (χ0n) is 16.2. The van der Waals surface area contributed by atoms with Gasteiger partial charge in [0.05, 0.1) is 11.2 Å². The highest BCUT2D eigenvalue weighted by Gasteiger charge is 2.14. The molecule has 28 heavy (non-hydrogen) atoms. The monoisotopic (exact) mass is 401 g/mol. The Morgan fingerprint density at radius 2 is 1.89 bits per heavy atom. The fourth-order valence-electron chi connectivity index (χ4n) is 2.17. The van der Waals surface area contributed by atoms with E-state index < -0.39 is 11.8 Å². The molecule has 2 aromatic rings. The summed E-state index contributed by atoms with van der Waals surface area (Å²) >= 11 is 6.25. The van der Waals surface area contributed by atoms with E-state index in [-0.39, 0.29) is 6.04 Å². The van der Waals surface area contributed by atoms with Gasteiger partial charge in [0.15, 0.2) is 0 Å². The fraction of sp³-hybridized carbons (Fsp3) is 0.286. The van der Waals surface area contributed by atoms with Gasteiger partial charge in [-0.15, -0.1) is 0 Å². The summed E-state index contributed by atoms with van der Waals surface area (Å²) < 4.78 is 5.74. The van der Waals surface area contributed by atoms with Crippen LogP contribution < -0.4 is 15.5 Å². The van der Waals surface area contributed by atoms with Gasteiger partial charge < -0.3 is 10.1 Å². The minimum Gasteiger partial charge on any atom is -0.487 e. The molecular formula is C21H24ClN3O3. The number of nitrogens with zero attached hydrogens (tertiary/aromatic N) is 1. The molecule has 2 aromatic carbocycles. The molecule has 0 bridgehead atoms. The molecule has 0 saturated heterocycles. The average molecular weight is 402 g/mol. The number of halogens is 1. The SMILES string of the molecule is CC[C@H](C)NC(=O)C(=O)N/N=C\c1ccc(OCc2ccc(C)cc2)c(Cl)c1. The van der Waals surface area contributed by atoms with Crippen molar-refractivity contribution in [2.45, 2.75) is 39.8 Å². The van der Waals surface area contributed by atoms with Gasteiger partial charge in [-0.25, -0.2) is 5.43 Å². The van der Waals surface area contributed by atoms with E-state index in [0.29, 0.717) is 22.9 Å². The first-order valence-electron chi connectivity index (χ1n) is 9.00. The summed E-state index contributed by atoms with van der Waals surface area (Å²) in [6, 6.07) is 13.1. The van der Waals surface area contributed by atoms with Crippen LogP contribution in [0.3, 0.4) is 0 Å². The van der Waals surface area contributed by atoms with Crippen LogP contribution in [-0.4, -0.2) is 24.1 Å². The van der Waals surface area contributed by atoms with Crippen LogP contribution in [-0.2, 0) is 16.2 Å². The summed E-state index contributed by atoms with van der Waals surface area (Å²) in [4.78, 5) is 23.3. The Kier molecular flexibility index (Phi) is 8.02. The summed E-state index contributed by atoms with van der Waals surface area (Å²) in [7, 11) is 0. The minimum absolute atomic E-state index is 0.0755. The number of carbonyl (C=O) groups excluding carboxylic acids is 2. The van der Waals surface area contributed by atoms with Crippen molar-refractivity contribution in [3.63, 3.8) is 0 Å². The van der Waals surface area contributed by atoms with E-state index in [1.165, 1.54) is 11.8 Å². The number of aryl methyl sites for hydroxylation is 1. The number of hydrazone groups is 1. The lowest BCUT2D eigenvalue weighted by molar-refractivity contribution is -0.139. The van der Waals surface area contributed by atoms with Crippen LogP contribution >= 0.6 is 11.6 Å². The van der Waals surface area contributed by atoms with Gasteiger partial charge in [0.2, 0.25) is 0 Å². The first-order chi connectivity index (χ1) is 13.4. The minimum atomic E-state index is -0.819. The number of nitrogens with one attached hydrogen (secondary N) is 2. The van der Waals surface area contributed by atoms with Crippen molar-refractivity contribution < 1.29 is 14.3 Å². The Bertz CT molecular complexity index is 850. The molecule has 0 saturated carbocycles. The number of hydrogen-bond acceptors (Lipinski definition) is 4. The third kappa shape index (κ3) is 6.70. The van der Waals surface area contributed by atoms with Crippen LogP contribution in [0.2, 0.25) is 5.02 Å². The van der Waals surface area contributed by atoms with E-state index in [0.717, 1.165) is 12.0 Å². The van der Waals surface area contributed by atoms with Crippen molar-refractivity contribution in [2.24, 2.45) is 5.10 Å². The fourth-order valence-corrected chi connectivity index (χ4v) is 2.41. The smallest absolute Gasteiger partial charge is 0.329 e. The zero-order chi connectivity index (χ0) is 20.5. The summed E-state index contributed by atoms with van der Waals surface area (Å²) in [6.45, 7) is 6.18. The van der Waals surface area contributed by atoms with Crippen LogP contribution in [0.1, 0.15) is 37.0 Å². The van der Waals surface area contributed by atoms with Crippen molar-refractivity contribution in [1.29, 1.82) is 0 Å². The Hall–Kier alpha value is -2.86. The molecule has 0 unspecified atom stereocenters. The molecular weight excluding hydrogens is 378 g/mol. The predicted molar refractivity (Wildman–Crippen MR) is 111 cm³/mol. The first kappa shape index (κ1) is 21.4. The number of carbonyl (C=O) groups is 2. The summed E-state index contributed by atoms with van der Waals surface area (Å²) in [5, 5.41) is 6.77. The van der Waals surface area contributed by atoms with Gasteiger partial charge in [0.25, 0.3) is 0 Å². The molecule has 0 radical (unpaired) electrons. The molecule has 0 aliphatic rings. The van der Waals surface area contributed by atoms with Gasteiger partial charge >= 0.3 is 11.8 Å². The van der Waals surface area contributed by atoms with Crippen LogP contribution in [0.15, 0.2) is 47.6 Å². The second kappa shape index (κ2) is 10.5. The van der Waals surface area contributed by atoms with E-state index in [9.17, 15) is 9.59 Å². The summed E-state index contributed by atoms with van der Waals surface area (Å²) in [5.74, 6) is -0.985. The quantitative estimate of drug-likeness (QED) is 0.422. The zero-order valence-corrected chi connectivity index (χ0v) is 16.9. The topological polar surface area (TPSA) is 79.8 Å². The van der Waals surface area contributed by atoms with Crippen LogP contribution in [0.25, 0.3) is 0 Å². The van der Waals surface area contributed by atoms with Gasteiger partial charge in [-0.05, 0) is 49.6 Å². The Morgan fingerprint density at radius 3 is 2.54 bits per heavy atom. The van der Waals surface area contributed by atoms with Crippen LogP contribution in [0.4, 0.5) is 0 Å². The van der Waals surface area contributed by atoms with E-state index in [2.05, 4.69) is 15.8 Å². The van der Waals surface area contributed by atoms with E-state index >= 15 is 0 Å². The second-order valence-corrected chi connectivity index (χ2v) is 6.85. The van der Waals surface area contributed by atoms with Crippen molar-refractivity contribution in [3.05, 3.63) is 64.2 Å². The molecule has 0 heterocycles. The maximum atomic E-state index is 11.7. The summed E-state index contributed by atoms with van der Waals surface area (Å²) in [5.41, 5.74) is 5.09. The molecule has 0 fully saturated rings. The maximum absolute atomic E-state index is 11.7. The van der Waals surface area contributed by atoms with Crippen molar-refractivity contribution in [3.8, 4) is 5.75 Å². The molecule has 7 heteroatoms. The number of amides is 2. The molecule has 0 spiro atoms. The molecule has 2 amide bonds. The Labute approximate surface area is 169 Å². The molecule has 6 nitrogen and oxygen atoms in total. The molecule has 1 atom stereocenters. The second-order valence-electron chi connectivity index (χ2n) is 6.45. The van der Waals surface area contributed by atoms with Gasteiger partial charge in [0.1, 0.15) is 12.4 Å². The first-order valence-corrected chi connectivity index (χ1v) is 9.38. The number of rotatable bonds is 7. The lowest BCUT2D eigenvalue weighted by atomic mass is 10.2. The highest BCUT2D eigenvalue weighted by Crippen LogP contribution is 2.25. The molecule has 2 N–H and O–H groups in total. The highest BCUT2D eigenvalue weighted by molar-refractivity contribution is 6.35. The van der Waals surface area contributed by atoms with Crippen molar-refractivity contribution in [1.82, 2.24) is 10.7 Å². The van der Waals surface area contributed by atoms with Crippen molar-refractivity contribution in [2.75, 3.05) is 0 Å². The third-order valence-corrected chi connectivity index (χ3v) is 4.34. The average Bonchev–Trinajstić information content (AvgIpc) is 2.68. The van der Waals surface area contributed by atoms with Crippen LogP contribution in [0.5, 0.6) is 5.75 Å². The number of hydrogen-bond donors (Lipinski definition) is 2. The number of ether oxygens (including phenoxy) is 1. The lowest BCUT2D eigenvalue weighted by Gasteiger charge is -2.10. The predicted octanol–water partition coefficient (Wildman–Crippen LogP) is 3.59. The van der Waals surface area contributed by atoms with E-state index in [1.807, 2.05) is 45.0 Å². The van der Waals surface area contributed by atoms with E-state index in [4.69, 9.17) is 16.3 Å². The summed E-state index contributed by atoms with van der Waals surface area (Å²) in [6.07, 6.45) is 2.14. The van der Waals surface area contributed by atoms with Crippen molar-refractivity contribution >= 4 is 29.6 Å². The normalized spacial score (nSPS) is 11.9. The lowest BCUT2D eigenvalue weighted by Crippen LogP contribution is -2.41. The van der Waals surface area contributed by atoms with E-state index in [1.54, 1.807) is 18.2 Å². The third-order valence-electron chi connectivity index (χ3n) is 4.05. The van der Waals surface area contributed by atoms with Gasteiger partial charge in [0, 0.05) is 6.04 Å². The molecule has 0 aliphatic carbocycles.